The van der Waals surface area contributed by atoms with Crippen molar-refractivity contribution >= 4 is 27.7 Å². The van der Waals surface area contributed by atoms with Gasteiger partial charge in [-0.05, 0) is 35.0 Å². The van der Waals surface area contributed by atoms with Crippen molar-refractivity contribution in [1.82, 2.24) is 14.8 Å². The monoisotopic (exact) mass is 294 g/mol. The Morgan fingerprint density at radius 1 is 1.47 bits per heavy atom. The van der Waals surface area contributed by atoms with Crippen LogP contribution in [0, 0.1) is 6.92 Å². The molecule has 0 aliphatic heterocycles. The first-order valence-corrected chi connectivity index (χ1v) is 5.80. The van der Waals surface area contributed by atoms with E-state index in [1.54, 1.807) is 30.1 Å². The predicted octanol–water partition coefficient (Wildman–Crippen LogP) is 2.14. The van der Waals surface area contributed by atoms with Gasteiger partial charge in [0.15, 0.2) is 0 Å². The number of pyridine rings is 1. The molecule has 0 fully saturated rings. The number of carbonyl (C=O) groups is 1. The summed E-state index contributed by atoms with van der Waals surface area (Å²) in [6.45, 7) is 1.84. The van der Waals surface area contributed by atoms with Crippen molar-refractivity contribution < 1.29 is 4.79 Å². The molecule has 0 aromatic carbocycles. The molecule has 88 valence electrons. The quantitative estimate of drug-likeness (QED) is 0.863. The number of nitrogens with zero attached hydrogens (tertiary/aromatic N) is 3. The summed E-state index contributed by atoms with van der Waals surface area (Å²) < 4.78 is 2.33. The van der Waals surface area contributed by atoms with E-state index in [4.69, 9.17) is 0 Å². The highest BCUT2D eigenvalue weighted by Crippen LogP contribution is 2.12. The Kier molecular flexibility index (Phi) is 3.23. The number of aromatic nitrogens is 3. The number of carbonyl (C=O) groups excluding carboxylic acids is 1. The fourth-order valence-electron chi connectivity index (χ4n) is 1.38. The summed E-state index contributed by atoms with van der Waals surface area (Å²) in [5.74, 6) is 0.300. The van der Waals surface area contributed by atoms with Crippen LogP contribution >= 0.6 is 15.9 Å². The van der Waals surface area contributed by atoms with Crippen molar-refractivity contribution in [2.24, 2.45) is 7.05 Å². The van der Waals surface area contributed by atoms with Gasteiger partial charge in [0.25, 0.3) is 5.91 Å². The Labute approximate surface area is 107 Å². The fourth-order valence-corrected chi connectivity index (χ4v) is 1.73. The third-order valence-electron chi connectivity index (χ3n) is 2.44. The van der Waals surface area contributed by atoms with Gasteiger partial charge in [-0.25, -0.2) is 4.98 Å². The molecule has 0 aliphatic carbocycles. The van der Waals surface area contributed by atoms with Gasteiger partial charge in [-0.1, -0.05) is 6.07 Å². The summed E-state index contributed by atoms with van der Waals surface area (Å²) in [5.41, 5.74) is 1.37. The van der Waals surface area contributed by atoms with E-state index in [9.17, 15) is 4.79 Å². The Hall–Kier alpha value is -1.69. The minimum Gasteiger partial charge on any atom is -0.306 e. The van der Waals surface area contributed by atoms with E-state index in [1.807, 2.05) is 13.0 Å². The van der Waals surface area contributed by atoms with Crippen molar-refractivity contribution in [2.75, 3.05) is 5.32 Å². The molecular formula is C11H11BrN4O. The number of halogens is 1. The van der Waals surface area contributed by atoms with Crippen LogP contribution in [0.3, 0.4) is 0 Å². The molecule has 6 heteroatoms. The summed E-state index contributed by atoms with van der Waals surface area (Å²) in [4.78, 5) is 16.1. The zero-order valence-corrected chi connectivity index (χ0v) is 11.0. The highest BCUT2D eigenvalue weighted by atomic mass is 79.9. The second-order valence-electron chi connectivity index (χ2n) is 3.57. The van der Waals surface area contributed by atoms with Gasteiger partial charge in [0.2, 0.25) is 0 Å². The lowest BCUT2D eigenvalue weighted by Crippen LogP contribution is -2.13. The maximum absolute atomic E-state index is 11.9. The van der Waals surface area contributed by atoms with Gasteiger partial charge in [-0.15, -0.1) is 0 Å². The summed E-state index contributed by atoms with van der Waals surface area (Å²) in [7, 11) is 1.80. The standard InChI is InChI=1S/C11H11BrN4O/c1-7-8(6-13-16(7)2)11(17)15-10-5-3-4-9(12)14-10/h3-6H,1-2H3,(H,14,15,17). The molecule has 0 spiro atoms. The van der Waals surface area contributed by atoms with Crippen molar-refractivity contribution in [1.29, 1.82) is 0 Å². The topological polar surface area (TPSA) is 59.8 Å². The first-order chi connectivity index (χ1) is 8.08. The lowest BCUT2D eigenvalue weighted by Gasteiger charge is -2.04. The second kappa shape index (κ2) is 4.67. The van der Waals surface area contributed by atoms with E-state index in [2.05, 4.69) is 31.3 Å². The van der Waals surface area contributed by atoms with E-state index in [0.717, 1.165) is 5.69 Å². The van der Waals surface area contributed by atoms with Gasteiger partial charge < -0.3 is 5.32 Å². The lowest BCUT2D eigenvalue weighted by molar-refractivity contribution is 0.102. The molecule has 2 heterocycles. The second-order valence-corrected chi connectivity index (χ2v) is 4.38. The molecule has 0 aliphatic rings. The predicted molar refractivity (Wildman–Crippen MR) is 67.8 cm³/mol. The van der Waals surface area contributed by atoms with Crippen molar-refractivity contribution in [3.8, 4) is 0 Å². The van der Waals surface area contributed by atoms with Crippen LogP contribution in [0.1, 0.15) is 16.1 Å². The molecular weight excluding hydrogens is 284 g/mol. The Balaban J connectivity index is 2.20. The number of aryl methyl sites for hydroxylation is 1. The maximum atomic E-state index is 11.9. The highest BCUT2D eigenvalue weighted by Gasteiger charge is 2.13. The molecule has 0 saturated heterocycles. The first kappa shape index (κ1) is 11.8. The SMILES string of the molecule is Cc1c(C(=O)Nc2cccc(Br)n2)cnn1C. The molecule has 2 rings (SSSR count). The molecule has 5 nitrogen and oxygen atoms in total. The molecule has 2 aromatic heterocycles. The number of hydrogen-bond donors (Lipinski definition) is 1. The molecule has 0 bridgehead atoms. The molecule has 0 saturated carbocycles. The van der Waals surface area contributed by atoms with Crippen LogP contribution < -0.4 is 5.32 Å². The smallest absolute Gasteiger partial charge is 0.260 e. The zero-order chi connectivity index (χ0) is 12.4. The summed E-state index contributed by atoms with van der Waals surface area (Å²) in [5, 5.41) is 6.74. The van der Waals surface area contributed by atoms with Crippen molar-refractivity contribution in [2.45, 2.75) is 6.92 Å². The summed E-state index contributed by atoms with van der Waals surface area (Å²) in [6, 6.07) is 5.34. The van der Waals surface area contributed by atoms with Crippen LogP contribution in [-0.4, -0.2) is 20.7 Å². The van der Waals surface area contributed by atoms with Gasteiger partial charge >= 0.3 is 0 Å². The van der Waals surface area contributed by atoms with Gasteiger partial charge in [-0.2, -0.15) is 5.10 Å². The lowest BCUT2D eigenvalue weighted by atomic mass is 10.2. The Morgan fingerprint density at radius 3 is 2.82 bits per heavy atom. The van der Waals surface area contributed by atoms with Gasteiger partial charge in [0.05, 0.1) is 11.8 Å². The number of nitrogens with one attached hydrogen (secondary N) is 1. The van der Waals surface area contributed by atoms with E-state index >= 15 is 0 Å². The minimum absolute atomic E-state index is 0.207. The van der Waals surface area contributed by atoms with E-state index in [-0.39, 0.29) is 5.91 Å². The third-order valence-corrected chi connectivity index (χ3v) is 2.88. The van der Waals surface area contributed by atoms with Crippen molar-refractivity contribution in [3.05, 3.63) is 40.3 Å². The molecule has 0 radical (unpaired) electrons. The Morgan fingerprint density at radius 2 is 2.24 bits per heavy atom. The van der Waals surface area contributed by atoms with E-state index in [0.29, 0.717) is 16.0 Å². The number of hydrogen-bond acceptors (Lipinski definition) is 3. The molecule has 1 amide bonds. The number of amides is 1. The number of anilines is 1. The molecule has 17 heavy (non-hydrogen) atoms. The first-order valence-electron chi connectivity index (χ1n) is 5.00. The molecule has 2 aromatic rings. The molecule has 1 N–H and O–H groups in total. The Bertz CT molecular complexity index is 564. The summed E-state index contributed by atoms with van der Waals surface area (Å²) in [6.07, 6.45) is 1.54. The zero-order valence-electron chi connectivity index (χ0n) is 9.44. The van der Waals surface area contributed by atoms with Crippen molar-refractivity contribution in [3.63, 3.8) is 0 Å². The largest absolute Gasteiger partial charge is 0.306 e. The van der Waals surface area contributed by atoms with Crippen LogP contribution in [-0.2, 0) is 7.05 Å². The van der Waals surface area contributed by atoms with Gasteiger partial charge in [-0.3, -0.25) is 9.48 Å². The molecule has 0 atom stereocenters. The highest BCUT2D eigenvalue weighted by molar-refractivity contribution is 9.10. The average Bonchev–Trinajstić information content (AvgIpc) is 2.60. The minimum atomic E-state index is -0.207. The van der Waals surface area contributed by atoms with Crippen LogP contribution in [0.15, 0.2) is 29.0 Å². The van der Waals surface area contributed by atoms with Gasteiger partial charge in [0, 0.05) is 12.7 Å². The van der Waals surface area contributed by atoms with Crippen LogP contribution in [0.4, 0.5) is 5.82 Å². The van der Waals surface area contributed by atoms with Gasteiger partial charge in [0.1, 0.15) is 10.4 Å². The van der Waals surface area contributed by atoms with Crippen LogP contribution in [0.5, 0.6) is 0 Å². The van der Waals surface area contributed by atoms with E-state index < -0.39 is 0 Å². The molecule has 0 unspecified atom stereocenters. The summed E-state index contributed by atoms with van der Waals surface area (Å²) >= 11 is 3.25. The fraction of sp³-hybridized carbons (Fsp3) is 0.182. The maximum Gasteiger partial charge on any atom is 0.260 e. The van der Waals surface area contributed by atoms with Crippen LogP contribution in [0.25, 0.3) is 0 Å². The number of rotatable bonds is 2. The normalized spacial score (nSPS) is 10.3. The average molecular weight is 295 g/mol. The van der Waals surface area contributed by atoms with E-state index in [1.165, 1.54) is 0 Å². The van der Waals surface area contributed by atoms with Crippen LogP contribution in [0.2, 0.25) is 0 Å². The third kappa shape index (κ3) is 2.52.